The van der Waals surface area contributed by atoms with Crippen molar-refractivity contribution in [3.8, 4) is 5.75 Å². The van der Waals surface area contributed by atoms with E-state index < -0.39 is 30.9 Å². The number of halogens is 3. The number of aliphatic imine (C=N–C) groups is 2. The smallest absolute Gasteiger partial charge is 0.332 e. The summed E-state index contributed by atoms with van der Waals surface area (Å²) in [4.78, 5) is 9.42. The van der Waals surface area contributed by atoms with Crippen molar-refractivity contribution < 1.29 is 30.0 Å². The third kappa shape index (κ3) is 7.93. The minimum absolute atomic E-state index is 0.00978. The third-order valence-corrected chi connectivity index (χ3v) is 6.82. The summed E-state index contributed by atoms with van der Waals surface area (Å²) < 4.78 is 67.6. The molecule has 5 N–H and O–H groups in total. The Kier molecular flexibility index (Phi) is 9.18. The molecule has 0 saturated heterocycles. The summed E-state index contributed by atoms with van der Waals surface area (Å²) in [6.45, 7) is 5.01. The van der Waals surface area contributed by atoms with E-state index in [0.29, 0.717) is 17.0 Å². The van der Waals surface area contributed by atoms with Crippen molar-refractivity contribution >= 4 is 61.1 Å². The zero-order valence-electron chi connectivity index (χ0n) is 19.3. The van der Waals surface area contributed by atoms with Crippen LogP contribution in [0.15, 0.2) is 51.3 Å². The second-order valence-corrected chi connectivity index (χ2v) is 11.6. The molecule has 1 heterocycles. The van der Waals surface area contributed by atoms with Crippen LogP contribution in [0.1, 0.15) is 26.3 Å². The van der Waals surface area contributed by atoms with Gasteiger partial charge in [-0.15, -0.1) is 3.89 Å². The largest absolute Gasteiger partial charge is 0.487 e. The van der Waals surface area contributed by atoms with Gasteiger partial charge in [0.1, 0.15) is 18.0 Å². The summed E-state index contributed by atoms with van der Waals surface area (Å²) in [5.41, 5.74) is 12.0. The Morgan fingerprint density at radius 1 is 1.08 bits per heavy atom. The van der Waals surface area contributed by atoms with Crippen molar-refractivity contribution in [3.05, 3.63) is 52.0 Å². The summed E-state index contributed by atoms with van der Waals surface area (Å²) in [7, 11) is -8.50. The van der Waals surface area contributed by atoms with Gasteiger partial charge in [0.05, 0.1) is 15.7 Å². The molecule has 2 aromatic rings. The van der Waals surface area contributed by atoms with E-state index in [9.17, 15) is 20.7 Å². The van der Waals surface area contributed by atoms with Gasteiger partial charge in [-0.25, -0.2) is 4.99 Å². The van der Waals surface area contributed by atoms with Gasteiger partial charge in [-0.1, -0.05) is 29.3 Å². The zero-order chi connectivity index (χ0) is 27.5. The van der Waals surface area contributed by atoms with E-state index >= 15 is 0 Å². The lowest BCUT2D eigenvalue weighted by Crippen LogP contribution is -2.54. The predicted molar refractivity (Wildman–Crippen MR) is 137 cm³/mol. The second kappa shape index (κ2) is 11.2. The molecule has 0 aliphatic carbocycles. The molecule has 198 valence electrons. The van der Waals surface area contributed by atoms with Gasteiger partial charge in [-0.3, -0.25) is 9.45 Å². The quantitative estimate of drug-likeness (QED) is 0.339. The van der Waals surface area contributed by atoms with Crippen LogP contribution in [-0.2, 0) is 26.9 Å². The van der Waals surface area contributed by atoms with Crippen molar-refractivity contribution in [2.75, 3.05) is 10.7 Å². The highest BCUT2D eigenvalue weighted by atomic mass is 35.5. The number of hydrogen-bond acceptors (Lipinski definition) is 10. The Hall–Kier alpha value is -2.65. The normalized spacial score (nSPS) is 15.4. The van der Waals surface area contributed by atoms with Gasteiger partial charge in [0.15, 0.2) is 0 Å². The zero-order valence-corrected chi connectivity index (χ0v) is 22.5. The van der Waals surface area contributed by atoms with Gasteiger partial charge in [-0.05, 0) is 51.1 Å². The lowest BCUT2D eigenvalue weighted by molar-refractivity contribution is 0.306. The van der Waals surface area contributed by atoms with Crippen LogP contribution in [0.4, 0.5) is 9.57 Å². The SMILES string of the molecule is CC1(C)N=C(N)N=C(N)N1c1ccc(OCc2ccc(S(=O)(=O)F)cc2Cl)c(Cl)c1.CCS(=O)(=O)O. The molecule has 1 aliphatic rings. The molecule has 0 amide bonds. The third-order valence-electron chi connectivity index (χ3n) is 4.62. The average molecular weight is 584 g/mol. The molecular weight excluding hydrogens is 560 g/mol. The summed E-state index contributed by atoms with van der Waals surface area (Å²) in [6, 6.07) is 8.50. The van der Waals surface area contributed by atoms with Gasteiger partial charge in [-0.2, -0.15) is 21.8 Å². The van der Waals surface area contributed by atoms with Crippen LogP contribution in [0.3, 0.4) is 0 Å². The number of hydrogen-bond donors (Lipinski definition) is 3. The monoisotopic (exact) mass is 583 g/mol. The van der Waals surface area contributed by atoms with Crippen LogP contribution >= 0.6 is 23.2 Å². The highest BCUT2D eigenvalue weighted by molar-refractivity contribution is 7.86. The molecule has 0 bridgehead atoms. The number of nitrogens with zero attached hydrogens (tertiary/aromatic N) is 3. The van der Waals surface area contributed by atoms with Crippen molar-refractivity contribution in [3.63, 3.8) is 0 Å². The molecule has 0 atom stereocenters. The number of guanidine groups is 2. The van der Waals surface area contributed by atoms with E-state index in [1.807, 2.05) is 13.8 Å². The molecule has 16 heteroatoms. The van der Waals surface area contributed by atoms with Crippen LogP contribution in [0.25, 0.3) is 0 Å². The van der Waals surface area contributed by atoms with Gasteiger partial charge in [0, 0.05) is 16.3 Å². The van der Waals surface area contributed by atoms with E-state index in [4.69, 9.17) is 44.0 Å². The molecule has 11 nitrogen and oxygen atoms in total. The van der Waals surface area contributed by atoms with Gasteiger partial charge < -0.3 is 16.2 Å². The molecule has 1 aliphatic heterocycles. The minimum Gasteiger partial charge on any atom is -0.487 e. The van der Waals surface area contributed by atoms with Crippen molar-refractivity contribution in [1.82, 2.24) is 0 Å². The maximum atomic E-state index is 13.1. The molecule has 0 radical (unpaired) electrons. The summed E-state index contributed by atoms with van der Waals surface area (Å²) in [5, 5.41) is 0.341. The van der Waals surface area contributed by atoms with E-state index in [2.05, 4.69) is 9.98 Å². The highest BCUT2D eigenvalue weighted by Gasteiger charge is 2.33. The van der Waals surface area contributed by atoms with Crippen LogP contribution in [0, 0.1) is 0 Å². The highest BCUT2D eigenvalue weighted by Crippen LogP contribution is 2.34. The topological polar surface area (TPSA) is 178 Å². The molecular formula is C20H24Cl2FN5O6S2. The summed E-state index contributed by atoms with van der Waals surface area (Å²) in [6.07, 6.45) is 0. The van der Waals surface area contributed by atoms with Crippen LogP contribution in [0.5, 0.6) is 5.75 Å². The predicted octanol–water partition coefficient (Wildman–Crippen LogP) is 3.31. The average Bonchev–Trinajstić information content (AvgIpc) is 2.71. The Labute approximate surface area is 218 Å². The number of benzene rings is 2. The first kappa shape index (κ1) is 29.6. The standard InChI is InChI=1S/C18H18Cl2FN5O3S.C2H6O3S/c1-18(2)25-16(22)24-17(23)26(18)11-4-6-15(14(20)7-11)29-9-10-3-5-12(8-13(10)19)30(21,27)28;1-2-6(3,4)5/h3-8H,9H2,1-2H3,(H4,22,23,24,25);2H2,1H3,(H,3,4,5). The molecule has 36 heavy (non-hydrogen) atoms. The van der Waals surface area contributed by atoms with Crippen LogP contribution in [0.2, 0.25) is 10.0 Å². The Morgan fingerprint density at radius 3 is 2.17 bits per heavy atom. The van der Waals surface area contributed by atoms with Gasteiger partial charge in [0.25, 0.3) is 10.1 Å². The fourth-order valence-corrected chi connectivity index (χ4v) is 3.97. The number of anilines is 1. The fraction of sp³-hybridized carbons (Fsp3) is 0.300. The number of rotatable bonds is 6. The minimum atomic E-state index is -4.84. The van der Waals surface area contributed by atoms with E-state index in [-0.39, 0.29) is 34.3 Å². The van der Waals surface area contributed by atoms with Crippen molar-refractivity contribution in [2.24, 2.45) is 21.5 Å². The van der Waals surface area contributed by atoms with E-state index in [1.54, 1.807) is 23.1 Å². The number of nitrogens with two attached hydrogens (primary N) is 2. The van der Waals surface area contributed by atoms with Crippen molar-refractivity contribution in [1.29, 1.82) is 0 Å². The van der Waals surface area contributed by atoms with Gasteiger partial charge >= 0.3 is 10.2 Å². The molecule has 0 aromatic heterocycles. The maximum Gasteiger partial charge on any atom is 0.332 e. The molecule has 0 spiro atoms. The van der Waals surface area contributed by atoms with E-state index in [1.165, 1.54) is 13.0 Å². The van der Waals surface area contributed by atoms with Crippen LogP contribution < -0.4 is 21.1 Å². The molecule has 3 rings (SSSR count). The maximum absolute atomic E-state index is 13.1. The Balaban J connectivity index is 0.000000678. The van der Waals surface area contributed by atoms with Gasteiger partial charge in [0.2, 0.25) is 11.9 Å². The molecule has 0 unspecified atom stereocenters. The first-order chi connectivity index (χ1) is 16.4. The van der Waals surface area contributed by atoms with Crippen molar-refractivity contribution in [2.45, 2.75) is 37.9 Å². The fourth-order valence-electron chi connectivity index (χ4n) is 2.95. The Bertz CT molecular complexity index is 1420. The van der Waals surface area contributed by atoms with E-state index in [0.717, 1.165) is 12.1 Å². The summed E-state index contributed by atoms with van der Waals surface area (Å²) in [5.74, 6) is 0.412. The lowest BCUT2D eigenvalue weighted by atomic mass is 10.1. The number of ether oxygens (including phenoxy) is 1. The first-order valence-electron chi connectivity index (χ1n) is 10.0. The first-order valence-corrected chi connectivity index (χ1v) is 13.8. The summed E-state index contributed by atoms with van der Waals surface area (Å²) >= 11 is 12.4. The lowest BCUT2D eigenvalue weighted by Gasteiger charge is -2.38. The van der Waals surface area contributed by atoms with Crippen LogP contribution in [-0.4, -0.2) is 44.7 Å². The Morgan fingerprint density at radius 2 is 1.69 bits per heavy atom. The molecule has 0 fully saturated rings. The molecule has 0 saturated carbocycles. The second-order valence-electron chi connectivity index (χ2n) is 7.73. The molecule has 2 aromatic carbocycles.